The topological polar surface area (TPSA) is 59.5 Å². The summed E-state index contributed by atoms with van der Waals surface area (Å²) >= 11 is 0. The van der Waals surface area contributed by atoms with Crippen LogP contribution in [-0.4, -0.2) is 23.9 Å². The zero-order valence-electron chi connectivity index (χ0n) is 8.56. The number of amides is 1. The average molecular weight is 196 g/mol. The highest BCUT2D eigenvalue weighted by Crippen LogP contribution is 2.05. The van der Waals surface area contributed by atoms with Gasteiger partial charge in [0.2, 0.25) is 5.91 Å². The predicted molar refractivity (Wildman–Crippen MR) is 53.4 cm³/mol. The smallest absolute Gasteiger partial charge is 0.239 e. The van der Waals surface area contributed by atoms with E-state index in [2.05, 4.69) is 0 Å². The molecule has 1 heterocycles. The van der Waals surface area contributed by atoms with Crippen LogP contribution in [0.2, 0.25) is 0 Å². The maximum absolute atomic E-state index is 11.6. The zero-order chi connectivity index (χ0) is 10.6. The number of hydrogen-bond acceptors (Lipinski definition) is 3. The van der Waals surface area contributed by atoms with Crippen molar-refractivity contribution in [3.63, 3.8) is 0 Å². The summed E-state index contributed by atoms with van der Waals surface area (Å²) in [5, 5.41) is 0. The Kier molecular flexibility index (Phi) is 3.71. The number of furan rings is 1. The standard InChI is InChI=1S/C10H16N2O2/c1-3-9(11)10(13)12(2)7-8-5-4-6-14-8/h4-6,9H,3,7,11H2,1-2H3/t9-/m1/s1. The fourth-order valence-electron chi connectivity index (χ4n) is 1.17. The van der Waals surface area contributed by atoms with E-state index < -0.39 is 6.04 Å². The second kappa shape index (κ2) is 4.81. The van der Waals surface area contributed by atoms with E-state index in [1.165, 1.54) is 0 Å². The Hall–Kier alpha value is -1.29. The number of likely N-dealkylation sites (N-methyl/N-ethyl adjacent to an activating group) is 1. The SMILES string of the molecule is CC[C@@H](N)C(=O)N(C)Cc1ccco1. The molecule has 0 unspecified atom stereocenters. The van der Waals surface area contributed by atoms with Gasteiger partial charge < -0.3 is 15.1 Å². The second-order valence-electron chi connectivity index (χ2n) is 3.29. The van der Waals surface area contributed by atoms with Gasteiger partial charge in [-0.25, -0.2) is 0 Å². The molecule has 4 nitrogen and oxygen atoms in total. The first-order chi connectivity index (χ1) is 6.65. The molecule has 0 saturated carbocycles. The van der Waals surface area contributed by atoms with Crippen LogP contribution in [-0.2, 0) is 11.3 Å². The highest BCUT2D eigenvalue weighted by Gasteiger charge is 2.16. The third-order valence-corrected chi connectivity index (χ3v) is 2.11. The van der Waals surface area contributed by atoms with Crippen LogP contribution in [0.1, 0.15) is 19.1 Å². The number of nitrogens with zero attached hydrogens (tertiary/aromatic N) is 1. The second-order valence-corrected chi connectivity index (χ2v) is 3.29. The lowest BCUT2D eigenvalue weighted by atomic mass is 10.2. The molecule has 0 aromatic carbocycles. The fraction of sp³-hybridized carbons (Fsp3) is 0.500. The van der Waals surface area contributed by atoms with Crippen molar-refractivity contribution in [1.29, 1.82) is 0 Å². The maximum atomic E-state index is 11.6. The number of hydrogen-bond donors (Lipinski definition) is 1. The quantitative estimate of drug-likeness (QED) is 0.780. The third kappa shape index (κ3) is 2.60. The van der Waals surface area contributed by atoms with Crippen LogP contribution in [0.3, 0.4) is 0 Å². The highest BCUT2D eigenvalue weighted by molar-refractivity contribution is 5.81. The first-order valence-corrected chi connectivity index (χ1v) is 4.68. The van der Waals surface area contributed by atoms with Crippen LogP contribution in [0.5, 0.6) is 0 Å². The van der Waals surface area contributed by atoms with Crippen molar-refractivity contribution in [1.82, 2.24) is 4.90 Å². The van der Waals surface area contributed by atoms with Gasteiger partial charge in [-0.15, -0.1) is 0 Å². The molecule has 0 saturated heterocycles. The first kappa shape index (κ1) is 10.8. The summed E-state index contributed by atoms with van der Waals surface area (Å²) < 4.78 is 5.13. The molecular weight excluding hydrogens is 180 g/mol. The van der Waals surface area contributed by atoms with Crippen molar-refractivity contribution in [2.75, 3.05) is 7.05 Å². The number of carbonyl (C=O) groups excluding carboxylic acids is 1. The summed E-state index contributed by atoms with van der Waals surface area (Å²) in [5.74, 6) is 0.716. The lowest BCUT2D eigenvalue weighted by Crippen LogP contribution is -2.40. The van der Waals surface area contributed by atoms with Gasteiger partial charge in [0.05, 0.1) is 18.8 Å². The van der Waals surface area contributed by atoms with Gasteiger partial charge in [-0.2, -0.15) is 0 Å². The molecule has 1 rings (SSSR count). The third-order valence-electron chi connectivity index (χ3n) is 2.11. The van der Waals surface area contributed by atoms with Crippen LogP contribution in [0.15, 0.2) is 22.8 Å². The van der Waals surface area contributed by atoms with Crippen molar-refractivity contribution in [3.8, 4) is 0 Å². The Balaban J connectivity index is 2.50. The minimum atomic E-state index is -0.407. The van der Waals surface area contributed by atoms with Crippen LogP contribution in [0.25, 0.3) is 0 Å². The minimum Gasteiger partial charge on any atom is -0.467 e. The molecule has 0 spiro atoms. The van der Waals surface area contributed by atoms with Crippen LogP contribution < -0.4 is 5.73 Å². The van der Waals surface area contributed by atoms with Crippen LogP contribution in [0.4, 0.5) is 0 Å². The molecule has 78 valence electrons. The predicted octanol–water partition coefficient (Wildman–Crippen LogP) is 0.975. The van der Waals surface area contributed by atoms with Gasteiger partial charge in [-0.1, -0.05) is 6.92 Å². The van der Waals surface area contributed by atoms with Crippen LogP contribution >= 0.6 is 0 Å². The number of nitrogens with two attached hydrogens (primary N) is 1. The van der Waals surface area contributed by atoms with Crippen molar-refractivity contribution in [2.24, 2.45) is 5.73 Å². The summed E-state index contributed by atoms with van der Waals surface area (Å²) in [6.07, 6.45) is 2.24. The van der Waals surface area contributed by atoms with E-state index in [1.54, 1.807) is 24.3 Å². The van der Waals surface area contributed by atoms with Gasteiger partial charge in [0.15, 0.2) is 0 Å². The molecule has 0 aliphatic carbocycles. The van der Waals surface area contributed by atoms with Gasteiger partial charge in [-0.05, 0) is 18.6 Å². The Morgan fingerprint density at radius 1 is 1.71 bits per heavy atom. The van der Waals surface area contributed by atoms with E-state index in [0.717, 1.165) is 5.76 Å². The summed E-state index contributed by atoms with van der Waals surface area (Å²) in [5.41, 5.74) is 5.62. The summed E-state index contributed by atoms with van der Waals surface area (Å²) in [6, 6.07) is 3.23. The molecule has 0 aliphatic rings. The molecule has 4 heteroatoms. The number of rotatable bonds is 4. The van der Waals surface area contributed by atoms with Gasteiger partial charge >= 0.3 is 0 Å². The molecule has 1 amide bonds. The summed E-state index contributed by atoms with van der Waals surface area (Å²) in [7, 11) is 1.72. The molecule has 0 fully saturated rings. The van der Waals surface area contributed by atoms with Crippen molar-refractivity contribution in [3.05, 3.63) is 24.2 Å². The zero-order valence-corrected chi connectivity index (χ0v) is 8.56. The van der Waals surface area contributed by atoms with E-state index in [0.29, 0.717) is 13.0 Å². The Morgan fingerprint density at radius 3 is 2.93 bits per heavy atom. The van der Waals surface area contributed by atoms with Gasteiger partial charge in [0, 0.05) is 7.05 Å². The Bertz CT molecular complexity index is 282. The number of carbonyl (C=O) groups is 1. The van der Waals surface area contributed by atoms with Gasteiger partial charge in [0.1, 0.15) is 5.76 Å². The monoisotopic (exact) mass is 196 g/mol. The van der Waals surface area contributed by atoms with Gasteiger partial charge in [-0.3, -0.25) is 4.79 Å². The molecule has 1 atom stereocenters. The summed E-state index contributed by atoms with van der Waals surface area (Å²) in [6.45, 7) is 2.36. The maximum Gasteiger partial charge on any atom is 0.239 e. The lowest BCUT2D eigenvalue weighted by molar-refractivity contribution is -0.132. The molecule has 0 aliphatic heterocycles. The lowest BCUT2D eigenvalue weighted by Gasteiger charge is -2.19. The van der Waals surface area contributed by atoms with Gasteiger partial charge in [0.25, 0.3) is 0 Å². The van der Waals surface area contributed by atoms with Crippen molar-refractivity contribution < 1.29 is 9.21 Å². The first-order valence-electron chi connectivity index (χ1n) is 4.68. The van der Waals surface area contributed by atoms with E-state index in [1.807, 2.05) is 13.0 Å². The molecule has 0 bridgehead atoms. The van der Waals surface area contributed by atoms with Crippen LogP contribution in [0, 0.1) is 0 Å². The Labute approximate surface area is 83.7 Å². The molecule has 0 radical (unpaired) electrons. The van der Waals surface area contributed by atoms with Crippen molar-refractivity contribution in [2.45, 2.75) is 25.9 Å². The molecule has 14 heavy (non-hydrogen) atoms. The average Bonchev–Trinajstić information content (AvgIpc) is 2.68. The largest absolute Gasteiger partial charge is 0.467 e. The van der Waals surface area contributed by atoms with Crippen molar-refractivity contribution >= 4 is 5.91 Å². The van der Waals surface area contributed by atoms with E-state index in [-0.39, 0.29) is 5.91 Å². The molecular formula is C10H16N2O2. The van der Waals surface area contributed by atoms with E-state index >= 15 is 0 Å². The minimum absolute atomic E-state index is 0.0519. The van der Waals surface area contributed by atoms with E-state index in [9.17, 15) is 4.79 Å². The molecule has 1 aromatic rings. The summed E-state index contributed by atoms with van der Waals surface area (Å²) in [4.78, 5) is 13.1. The molecule has 1 aromatic heterocycles. The Morgan fingerprint density at radius 2 is 2.43 bits per heavy atom. The molecule has 2 N–H and O–H groups in total. The van der Waals surface area contributed by atoms with E-state index in [4.69, 9.17) is 10.2 Å². The fourth-order valence-corrected chi connectivity index (χ4v) is 1.17. The normalized spacial score (nSPS) is 12.5. The highest BCUT2D eigenvalue weighted by atomic mass is 16.3.